The zero-order valence-electron chi connectivity index (χ0n) is 8.87. The minimum absolute atomic E-state index is 0.402. The maximum atomic E-state index is 10.9. The zero-order valence-corrected chi connectivity index (χ0v) is 8.87. The Morgan fingerprint density at radius 3 is 3.12 bits per heavy atom. The van der Waals surface area contributed by atoms with Crippen molar-refractivity contribution in [3.8, 4) is 0 Å². The van der Waals surface area contributed by atoms with Crippen LogP contribution in [0.5, 0.6) is 0 Å². The minimum Gasteiger partial charge on any atom is -0.342 e. The molecule has 5 N–H and O–H groups in total. The van der Waals surface area contributed by atoms with Crippen LogP contribution in [0, 0.1) is 6.92 Å². The van der Waals surface area contributed by atoms with Crippen LogP contribution in [0.15, 0.2) is 18.2 Å². The second-order valence-electron chi connectivity index (χ2n) is 3.50. The lowest BCUT2D eigenvalue weighted by Crippen LogP contribution is -2.39. The highest BCUT2D eigenvalue weighted by Gasteiger charge is 2.02. The fraction of sp³-hybridized carbons (Fsp3) is 0.200. The minimum atomic E-state index is -0.402. The molecule has 0 spiro atoms. The quantitative estimate of drug-likeness (QED) is 0.337. The third-order valence-corrected chi connectivity index (χ3v) is 2.25. The van der Waals surface area contributed by atoms with Crippen molar-refractivity contribution in [2.24, 2.45) is 5.84 Å². The number of hydrogen-bond acceptors (Lipinski definition) is 3. The maximum Gasteiger partial charge on any atom is 0.329 e. The van der Waals surface area contributed by atoms with Crippen molar-refractivity contribution in [2.75, 3.05) is 0 Å². The summed E-state index contributed by atoms with van der Waals surface area (Å²) in [6, 6.07) is 5.38. The van der Waals surface area contributed by atoms with Crippen LogP contribution in [0.25, 0.3) is 11.0 Å². The summed E-state index contributed by atoms with van der Waals surface area (Å²) < 4.78 is 0. The number of carbonyl (C=O) groups is 1. The van der Waals surface area contributed by atoms with Gasteiger partial charge in [0, 0.05) is 6.54 Å². The van der Waals surface area contributed by atoms with E-state index in [1.54, 1.807) is 0 Å². The molecular formula is C10H13N5O. The van der Waals surface area contributed by atoms with Gasteiger partial charge in [-0.1, -0.05) is 6.07 Å². The van der Waals surface area contributed by atoms with E-state index in [2.05, 4.69) is 15.3 Å². The molecule has 2 amide bonds. The Morgan fingerprint density at radius 1 is 1.56 bits per heavy atom. The first kappa shape index (κ1) is 10.4. The molecule has 0 bridgehead atoms. The normalized spacial score (nSPS) is 10.4. The average molecular weight is 219 g/mol. The number of benzene rings is 1. The maximum absolute atomic E-state index is 10.9. The van der Waals surface area contributed by atoms with E-state index in [4.69, 9.17) is 5.84 Å². The molecule has 0 aliphatic rings. The molecule has 0 aliphatic carbocycles. The average Bonchev–Trinajstić information content (AvgIpc) is 2.65. The number of aromatic nitrogens is 2. The third kappa shape index (κ3) is 2.12. The monoisotopic (exact) mass is 219 g/mol. The predicted octanol–water partition coefficient (Wildman–Crippen LogP) is 0.544. The van der Waals surface area contributed by atoms with Gasteiger partial charge in [-0.2, -0.15) is 0 Å². The molecule has 1 aromatic carbocycles. The van der Waals surface area contributed by atoms with Crippen molar-refractivity contribution in [2.45, 2.75) is 13.5 Å². The lowest BCUT2D eigenvalue weighted by molar-refractivity contribution is 0.241. The van der Waals surface area contributed by atoms with Crippen LogP contribution < -0.4 is 16.6 Å². The Balaban J connectivity index is 2.16. The van der Waals surface area contributed by atoms with Crippen LogP contribution >= 0.6 is 0 Å². The van der Waals surface area contributed by atoms with E-state index < -0.39 is 6.03 Å². The van der Waals surface area contributed by atoms with Crippen LogP contribution in [0.3, 0.4) is 0 Å². The Bertz CT molecular complexity index is 519. The van der Waals surface area contributed by atoms with Crippen LogP contribution in [0.4, 0.5) is 4.79 Å². The van der Waals surface area contributed by atoms with Crippen LogP contribution in [0.1, 0.15) is 11.4 Å². The summed E-state index contributed by atoms with van der Waals surface area (Å²) >= 11 is 0. The third-order valence-electron chi connectivity index (χ3n) is 2.25. The number of carbonyl (C=O) groups excluding carboxylic acids is 1. The van der Waals surface area contributed by atoms with Crippen molar-refractivity contribution in [3.05, 3.63) is 29.6 Å². The van der Waals surface area contributed by atoms with E-state index in [9.17, 15) is 4.79 Å². The Kier molecular flexibility index (Phi) is 2.74. The first-order valence-corrected chi connectivity index (χ1v) is 4.89. The molecule has 0 radical (unpaired) electrons. The Labute approximate surface area is 92.2 Å². The van der Waals surface area contributed by atoms with Crippen LogP contribution in [0.2, 0.25) is 0 Å². The molecule has 0 unspecified atom stereocenters. The number of H-pyrrole nitrogens is 1. The summed E-state index contributed by atoms with van der Waals surface area (Å²) in [5, 5.41) is 2.61. The van der Waals surface area contributed by atoms with Crippen molar-refractivity contribution in [1.29, 1.82) is 0 Å². The standard InChI is InChI=1S/C10H13N5O/c1-6-13-8-3-2-7(4-9(8)14-6)5-12-10(16)15-11/h2-4H,5,11H2,1H3,(H,13,14)(H2,12,15,16). The van der Waals surface area contributed by atoms with Gasteiger partial charge in [0.1, 0.15) is 5.82 Å². The first-order chi connectivity index (χ1) is 7.69. The molecule has 6 heteroatoms. The highest BCUT2D eigenvalue weighted by molar-refractivity contribution is 5.76. The van der Waals surface area contributed by atoms with Crippen LogP contribution in [-0.2, 0) is 6.54 Å². The molecule has 0 saturated heterocycles. The molecule has 84 valence electrons. The number of nitrogens with one attached hydrogen (secondary N) is 3. The Hall–Kier alpha value is -2.08. The van der Waals surface area contributed by atoms with Crippen molar-refractivity contribution >= 4 is 17.1 Å². The fourth-order valence-electron chi connectivity index (χ4n) is 1.53. The van der Waals surface area contributed by atoms with Gasteiger partial charge in [-0.15, -0.1) is 0 Å². The highest BCUT2D eigenvalue weighted by Crippen LogP contribution is 2.13. The number of amides is 2. The molecule has 6 nitrogen and oxygen atoms in total. The van der Waals surface area contributed by atoms with E-state index in [0.717, 1.165) is 22.4 Å². The summed E-state index contributed by atoms with van der Waals surface area (Å²) in [6.45, 7) is 2.33. The second kappa shape index (κ2) is 4.19. The molecular weight excluding hydrogens is 206 g/mol. The molecule has 0 aliphatic heterocycles. The summed E-state index contributed by atoms with van der Waals surface area (Å²) in [4.78, 5) is 18.3. The summed E-state index contributed by atoms with van der Waals surface area (Å²) in [5.41, 5.74) is 4.88. The molecule has 0 atom stereocenters. The van der Waals surface area contributed by atoms with Gasteiger partial charge < -0.3 is 10.3 Å². The van der Waals surface area contributed by atoms with Gasteiger partial charge >= 0.3 is 6.03 Å². The Morgan fingerprint density at radius 2 is 2.38 bits per heavy atom. The van der Waals surface area contributed by atoms with Crippen molar-refractivity contribution < 1.29 is 4.79 Å². The molecule has 1 heterocycles. The fourth-order valence-corrected chi connectivity index (χ4v) is 1.53. The molecule has 1 aromatic heterocycles. The number of aryl methyl sites for hydroxylation is 1. The highest BCUT2D eigenvalue weighted by atomic mass is 16.2. The van der Waals surface area contributed by atoms with Gasteiger partial charge in [0.05, 0.1) is 11.0 Å². The number of urea groups is 1. The number of nitrogens with two attached hydrogens (primary N) is 1. The van der Waals surface area contributed by atoms with Gasteiger partial charge in [0.15, 0.2) is 0 Å². The predicted molar refractivity (Wildman–Crippen MR) is 60.4 cm³/mol. The largest absolute Gasteiger partial charge is 0.342 e. The molecule has 16 heavy (non-hydrogen) atoms. The smallest absolute Gasteiger partial charge is 0.329 e. The molecule has 2 rings (SSSR count). The molecule has 0 saturated carbocycles. The SMILES string of the molecule is Cc1nc2ccc(CNC(=O)NN)cc2[nH]1. The number of hydrazine groups is 1. The van der Waals surface area contributed by atoms with Crippen molar-refractivity contribution in [1.82, 2.24) is 20.7 Å². The van der Waals surface area contributed by atoms with Gasteiger partial charge in [-0.3, -0.25) is 5.43 Å². The van der Waals surface area contributed by atoms with Gasteiger partial charge in [-0.25, -0.2) is 15.6 Å². The van der Waals surface area contributed by atoms with Gasteiger partial charge in [-0.05, 0) is 24.6 Å². The number of hydrogen-bond donors (Lipinski definition) is 4. The summed E-state index contributed by atoms with van der Waals surface area (Å²) in [7, 11) is 0. The van der Waals surface area contributed by atoms with E-state index in [1.807, 2.05) is 30.5 Å². The number of aromatic amines is 1. The molecule has 2 aromatic rings. The van der Waals surface area contributed by atoms with E-state index >= 15 is 0 Å². The van der Waals surface area contributed by atoms with Gasteiger partial charge in [0.25, 0.3) is 0 Å². The van der Waals surface area contributed by atoms with Gasteiger partial charge in [0.2, 0.25) is 0 Å². The topological polar surface area (TPSA) is 95.8 Å². The van der Waals surface area contributed by atoms with E-state index in [0.29, 0.717) is 6.54 Å². The van der Waals surface area contributed by atoms with Crippen LogP contribution in [-0.4, -0.2) is 16.0 Å². The number of imidazole rings is 1. The first-order valence-electron chi connectivity index (χ1n) is 4.89. The number of rotatable bonds is 2. The zero-order chi connectivity index (χ0) is 11.5. The second-order valence-corrected chi connectivity index (χ2v) is 3.50. The lowest BCUT2D eigenvalue weighted by Gasteiger charge is -2.03. The summed E-state index contributed by atoms with van der Waals surface area (Å²) in [5.74, 6) is 5.83. The number of fused-ring (bicyclic) bond motifs is 1. The molecule has 0 fully saturated rings. The van der Waals surface area contributed by atoms with E-state index in [1.165, 1.54) is 0 Å². The number of nitrogens with zero attached hydrogens (tertiary/aromatic N) is 1. The summed E-state index contributed by atoms with van der Waals surface area (Å²) in [6.07, 6.45) is 0. The van der Waals surface area contributed by atoms with E-state index in [-0.39, 0.29) is 0 Å². The lowest BCUT2D eigenvalue weighted by atomic mass is 10.2. The van der Waals surface area contributed by atoms with Crippen molar-refractivity contribution in [3.63, 3.8) is 0 Å².